The second-order valence-corrected chi connectivity index (χ2v) is 6.38. The van der Waals surface area contributed by atoms with Gasteiger partial charge in [-0.3, -0.25) is 4.79 Å². The molecular formula is C16H17NO3S. The van der Waals surface area contributed by atoms with E-state index in [0.717, 1.165) is 12.0 Å². The Labute approximate surface area is 124 Å². The number of nitrogens with one attached hydrogen (secondary N) is 1. The average molecular weight is 303 g/mol. The largest absolute Gasteiger partial charge is 0.293 e. The molecule has 2 aromatic rings. The number of sulfonamides is 1. The van der Waals surface area contributed by atoms with Gasteiger partial charge in [-0.1, -0.05) is 43.3 Å². The average Bonchev–Trinajstić information content (AvgIpc) is 2.53. The van der Waals surface area contributed by atoms with Crippen LogP contribution in [0, 0.1) is 0 Å². The molecule has 2 rings (SSSR count). The van der Waals surface area contributed by atoms with Gasteiger partial charge in [0.15, 0.2) is 5.78 Å². The molecule has 5 heteroatoms. The summed E-state index contributed by atoms with van der Waals surface area (Å²) in [4.78, 5) is 12.2. The van der Waals surface area contributed by atoms with E-state index in [9.17, 15) is 13.2 Å². The van der Waals surface area contributed by atoms with E-state index >= 15 is 0 Å². The van der Waals surface area contributed by atoms with Crippen LogP contribution in [0.4, 0.5) is 0 Å². The molecule has 0 unspecified atom stereocenters. The van der Waals surface area contributed by atoms with Gasteiger partial charge in [0.05, 0.1) is 11.4 Å². The number of hydrogen-bond donors (Lipinski definition) is 1. The van der Waals surface area contributed by atoms with Crippen LogP contribution in [0.25, 0.3) is 0 Å². The van der Waals surface area contributed by atoms with Crippen molar-refractivity contribution < 1.29 is 13.2 Å². The minimum atomic E-state index is -3.65. The summed E-state index contributed by atoms with van der Waals surface area (Å²) in [5.74, 6) is -0.246. The van der Waals surface area contributed by atoms with Crippen molar-refractivity contribution in [2.24, 2.45) is 0 Å². The molecule has 1 N–H and O–H groups in total. The summed E-state index contributed by atoms with van der Waals surface area (Å²) < 4.78 is 26.4. The zero-order chi connectivity index (χ0) is 15.3. The minimum Gasteiger partial charge on any atom is -0.293 e. The van der Waals surface area contributed by atoms with Gasteiger partial charge in [0, 0.05) is 5.56 Å². The fourth-order valence-electron chi connectivity index (χ4n) is 1.91. The number of carbonyl (C=O) groups is 1. The van der Waals surface area contributed by atoms with Crippen LogP contribution in [0.5, 0.6) is 0 Å². The third-order valence-electron chi connectivity index (χ3n) is 3.13. The van der Waals surface area contributed by atoms with Crippen molar-refractivity contribution >= 4 is 15.8 Å². The molecular weight excluding hydrogens is 286 g/mol. The molecule has 0 heterocycles. The Hall–Kier alpha value is -1.98. The van der Waals surface area contributed by atoms with Gasteiger partial charge in [0.2, 0.25) is 10.0 Å². The van der Waals surface area contributed by atoms with Crippen molar-refractivity contribution in [3.8, 4) is 0 Å². The van der Waals surface area contributed by atoms with Crippen LogP contribution in [0.3, 0.4) is 0 Å². The van der Waals surface area contributed by atoms with Crippen LogP contribution in [-0.2, 0) is 16.4 Å². The molecule has 0 spiro atoms. The summed E-state index contributed by atoms with van der Waals surface area (Å²) in [6.45, 7) is 1.76. The van der Waals surface area contributed by atoms with Gasteiger partial charge in [-0.15, -0.1) is 0 Å². The molecule has 0 aromatic heterocycles. The number of carbonyl (C=O) groups excluding carboxylic acids is 1. The van der Waals surface area contributed by atoms with Gasteiger partial charge >= 0.3 is 0 Å². The Morgan fingerprint density at radius 3 is 2.43 bits per heavy atom. The molecule has 2 aromatic carbocycles. The molecule has 0 radical (unpaired) electrons. The molecule has 0 aliphatic heterocycles. The molecule has 0 saturated carbocycles. The predicted octanol–water partition coefficient (Wildman–Crippen LogP) is 2.41. The lowest BCUT2D eigenvalue weighted by atomic mass is 10.1. The van der Waals surface area contributed by atoms with Crippen LogP contribution in [0.2, 0.25) is 0 Å². The normalized spacial score (nSPS) is 11.3. The van der Waals surface area contributed by atoms with E-state index in [1.807, 2.05) is 13.0 Å². The molecule has 0 atom stereocenters. The van der Waals surface area contributed by atoms with Gasteiger partial charge in [-0.25, -0.2) is 13.1 Å². The maximum absolute atomic E-state index is 12.1. The van der Waals surface area contributed by atoms with Crippen LogP contribution in [-0.4, -0.2) is 20.7 Å². The molecule has 0 saturated heterocycles. The van der Waals surface area contributed by atoms with E-state index < -0.39 is 10.0 Å². The topological polar surface area (TPSA) is 63.2 Å². The Balaban J connectivity index is 2.07. The van der Waals surface area contributed by atoms with Crippen LogP contribution in [0.15, 0.2) is 59.5 Å². The summed E-state index contributed by atoms with van der Waals surface area (Å²) in [7, 11) is -3.65. The second-order valence-electron chi connectivity index (χ2n) is 4.61. The summed E-state index contributed by atoms with van der Waals surface area (Å²) in [6.07, 6.45) is 0.830. The quantitative estimate of drug-likeness (QED) is 0.834. The molecule has 0 aliphatic rings. The van der Waals surface area contributed by atoms with E-state index in [-0.39, 0.29) is 17.2 Å². The fourth-order valence-corrected chi connectivity index (χ4v) is 2.91. The van der Waals surface area contributed by atoms with Crippen molar-refractivity contribution in [2.45, 2.75) is 18.2 Å². The molecule has 110 valence electrons. The van der Waals surface area contributed by atoms with Crippen LogP contribution >= 0.6 is 0 Å². The lowest BCUT2D eigenvalue weighted by Crippen LogP contribution is -2.29. The number of rotatable bonds is 6. The van der Waals surface area contributed by atoms with Crippen molar-refractivity contribution in [1.29, 1.82) is 0 Å². The maximum atomic E-state index is 12.1. The van der Waals surface area contributed by atoms with Crippen LogP contribution in [0.1, 0.15) is 22.8 Å². The summed E-state index contributed by atoms with van der Waals surface area (Å²) in [6, 6.07) is 15.2. The summed E-state index contributed by atoms with van der Waals surface area (Å²) >= 11 is 0. The van der Waals surface area contributed by atoms with Crippen molar-refractivity contribution in [2.75, 3.05) is 6.54 Å². The number of hydrogen-bond acceptors (Lipinski definition) is 3. The van der Waals surface area contributed by atoms with E-state index in [2.05, 4.69) is 4.72 Å². The number of benzene rings is 2. The summed E-state index contributed by atoms with van der Waals surface area (Å²) in [5, 5.41) is 0. The SMILES string of the molecule is CCc1cccc(C(=O)CNS(=O)(=O)c2ccccc2)c1. The minimum absolute atomic E-state index is 0.153. The lowest BCUT2D eigenvalue weighted by molar-refractivity contribution is 0.0997. The zero-order valence-corrected chi connectivity index (χ0v) is 12.6. The zero-order valence-electron chi connectivity index (χ0n) is 11.7. The van der Waals surface area contributed by atoms with Crippen molar-refractivity contribution in [3.05, 3.63) is 65.7 Å². The summed E-state index contributed by atoms with van der Waals surface area (Å²) in [5.41, 5.74) is 1.57. The van der Waals surface area contributed by atoms with Crippen LogP contribution < -0.4 is 4.72 Å². The Morgan fingerprint density at radius 1 is 1.05 bits per heavy atom. The highest BCUT2D eigenvalue weighted by Gasteiger charge is 2.15. The number of ketones is 1. The molecule has 4 nitrogen and oxygen atoms in total. The van der Waals surface area contributed by atoms with Gasteiger partial charge in [-0.05, 0) is 30.2 Å². The standard InChI is InChI=1S/C16H17NO3S/c1-2-13-7-6-8-14(11-13)16(18)12-17-21(19,20)15-9-4-3-5-10-15/h3-11,17H,2,12H2,1H3. The predicted molar refractivity (Wildman–Crippen MR) is 81.8 cm³/mol. The molecule has 0 aliphatic carbocycles. The van der Waals surface area contributed by atoms with Crippen molar-refractivity contribution in [3.63, 3.8) is 0 Å². The van der Waals surface area contributed by atoms with E-state index in [1.165, 1.54) is 12.1 Å². The highest BCUT2D eigenvalue weighted by molar-refractivity contribution is 7.89. The monoisotopic (exact) mass is 303 g/mol. The highest BCUT2D eigenvalue weighted by atomic mass is 32.2. The van der Waals surface area contributed by atoms with E-state index in [1.54, 1.807) is 36.4 Å². The maximum Gasteiger partial charge on any atom is 0.240 e. The van der Waals surface area contributed by atoms with Gasteiger partial charge in [0.25, 0.3) is 0 Å². The Kier molecular flexibility index (Phi) is 4.88. The first-order valence-corrected chi connectivity index (χ1v) is 8.18. The first kappa shape index (κ1) is 15.4. The molecule has 0 fully saturated rings. The third-order valence-corrected chi connectivity index (χ3v) is 4.55. The van der Waals surface area contributed by atoms with E-state index in [4.69, 9.17) is 0 Å². The first-order chi connectivity index (χ1) is 10.0. The van der Waals surface area contributed by atoms with Gasteiger partial charge in [0.1, 0.15) is 0 Å². The highest BCUT2D eigenvalue weighted by Crippen LogP contribution is 2.09. The number of Topliss-reactive ketones (excluding diaryl/α,β-unsaturated/α-hetero) is 1. The third kappa shape index (κ3) is 4.00. The van der Waals surface area contributed by atoms with Gasteiger partial charge in [-0.2, -0.15) is 0 Å². The molecule has 21 heavy (non-hydrogen) atoms. The number of aryl methyl sites for hydroxylation is 1. The molecule has 0 bridgehead atoms. The van der Waals surface area contributed by atoms with Crippen molar-refractivity contribution in [1.82, 2.24) is 4.72 Å². The molecule has 0 amide bonds. The van der Waals surface area contributed by atoms with Gasteiger partial charge < -0.3 is 0 Å². The Morgan fingerprint density at radius 2 is 1.76 bits per heavy atom. The van der Waals surface area contributed by atoms with E-state index in [0.29, 0.717) is 5.56 Å². The lowest BCUT2D eigenvalue weighted by Gasteiger charge is -2.07. The first-order valence-electron chi connectivity index (χ1n) is 6.70. The fraction of sp³-hybridized carbons (Fsp3) is 0.188. The second kappa shape index (κ2) is 6.65. The smallest absolute Gasteiger partial charge is 0.240 e. The Bertz CT molecular complexity index is 724.